The average molecular weight is 202 g/mol. The molecule has 0 saturated heterocycles. The van der Waals surface area contributed by atoms with Gasteiger partial charge in [0.15, 0.2) is 0 Å². The van der Waals surface area contributed by atoms with Crippen LogP contribution in [0.3, 0.4) is 0 Å². The fraction of sp³-hybridized carbons (Fsp3) is 0.500. The number of nitrogens with zero attached hydrogens (tertiary/aromatic N) is 3. The third kappa shape index (κ3) is 3.16. The summed E-state index contributed by atoms with van der Waals surface area (Å²) in [6.07, 6.45) is 1.63. The summed E-state index contributed by atoms with van der Waals surface area (Å²) in [6, 6.07) is 1.81. The van der Waals surface area contributed by atoms with E-state index in [0.29, 0.717) is 6.61 Å². The van der Waals surface area contributed by atoms with Gasteiger partial charge in [0.25, 0.3) is 0 Å². The van der Waals surface area contributed by atoms with Crippen LogP contribution in [-0.2, 0) is 4.74 Å². The molecule has 0 radical (unpaired) electrons. The Morgan fingerprint density at radius 3 is 3.00 bits per heavy atom. The molecule has 0 N–H and O–H groups in total. The lowest BCUT2D eigenvalue weighted by atomic mass is 10.5. The lowest BCUT2D eigenvalue weighted by Gasteiger charge is -2.16. The van der Waals surface area contributed by atoms with E-state index in [1.165, 1.54) is 0 Å². The zero-order chi connectivity index (χ0) is 9.68. The molecule has 0 aliphatic carbocycles. The Balaban J connectivity index is 2.60. The van der Waals surface area contributed by atoms with E-state index in [-0.39, 0.29) is 5.28 Å². The molecule has 0 saturated carbocycles. The normalized spacial score (nSPS) is 10.1. The van der Waals surface area contributed by atoms with Crippen LogP contribution < -0.4 is 4.90 Å². The van der Waals surface area contributed by atoms with Gasteiger partial charge in [0.2, 0.25) is 5.28 Å². The fourth-order valence-corrected chi connectivity index (χ4v) is 1.02. The number of hydrogen-bond acceptors (Lipinski definition) is 4. The first-order valence-electron chi connectivity index (χ1n) is 3.92. The van der Waals surface area contributed by atoms with E-state index in [9.17, 15) is 0 Å². The van der Waals surface area contributed by atoms with Crippen LogP contribution in [0.2, 0.25) is 5.28 Å². The Labute approximate surface area is 82.5 Å². The summed E-state index contributed by atoms with van der Waals surface area (Å²) in [5.41, 5.74) is 0. The van der Waals surface area contributed by atoms with Crippen molar-refractivity contribution < 1.29 is 4.74 Å². The molecule has 72 valence electrons. The number of methoxy groups -OCH3 is 1. The monoisotopic (exact) mass is 201 g/mol. The van der Waals surface area contributed by atoms with Crippen molar-refractivity contribution >= 4 is 17.4 Å². The molecule has 4 nitrogen and oxygen atoms in total. The first-order chi connectivity index (χ1) is 6.24. The molecule has 0 aliphatic heterocycles. The molecule has 0 aromatic carbocycles. The van der Waals surface area contributed by atoms with Gasteiger partial charge in [-0.2, -0.15) is 0 Å². The largest absolute Gasteiger partial charge is 0.383 e. The predicted molar refractivity (Wildman–Crippen MR) is 52.2 cm³/mol. The maximum Gasteiger partial charge on any atom is 0.224 e. The van der Waals surface area contributed by atoms with Crippen molar-refractivity contribution in [3.05, 3.63) is 17.5 Å². The van der Waals surface area contributed by atoms with Crippen LogP contribution in [0.25, 0.3) is 0 Å². The lowest BCUT2D eigenvalue weighted by Crippen LogP contribution is -2.23. The zero-order valence-electron chi connectivity index (χ0n) is 7.70. The zero-order valence-corrected chi connectivity index (χ0v) is 8.45. The van der Waals surface area contributed by atoms with Crippen LogP contribution in [0.4, 0.5) is 5.82 Å². The minimum Gasteiger partial charge on any atom is -0.383 e. The first-order valence-corrected chi connectivity index (χ1v) is 4.30. The third-order valence-corrected chi connectivity index (χ3v) is 1.82. The quantitative estimate of drug-likeness (QED) is 0.687. The van der Waals surface area contributed by atoms with Gasteiger partial charge in [0.1, 0.15) is 5.82 Å². The number of halogens is 1. The number of hydrogen-bond donors (Lipinski definition) is 0. The minimum absolute atomic E-state index is 0.266. The molecule has 0 amide bonds. The fourth-order valence-electron chi connectivity index (χ4n) is 0.881. The molecule has 1 rings (SSSR count). The number of likely N-dealkylation sites (N-methyl/N-ethyl adjacent to an activating group) is 1. The van der Waals surface area contributed by atoms with Crippen LogP contribution in [0, 0.1) is 0 Å². The SMILES string of the molecule is COCCN(C)c1ccnc(Cl)n1. The Morgan fingerprint density at radius 2 is 2.38 bits per heavy atom. The van der Waals surface area contributed by atoms with Crippen molar-refractivity contribution in [2.75, 3.05) is 32.2 Å². The summed E-state index contributed by atoms with van der Waals surface area (Å²) >= 11 is 5.64. The van der Waals surface area contributed by atoms with E-state index in [2.05, 4.69) is 9.97 Å². The molecular formula is C8H12ClN3O. The van der Waals surface area contributed by atoms with E-state index < -0.39 is 0 Å². The molecule has 0 unspecified atom stereocenters. The van der Waals surface area contributed by atoms with E-state index in [4.69, 9.17) is 16.3 Å². The van der Waals surface area contributed by atoms with E-state index in [1.807, 2.05) is 18.0 Å². The summed E-state index contributed by atoms with van der Waals surface area (Å²) in [4.78, 5) is 9.81. The van der Waals surface area contributed by atoms with Crippen molar-refractivity contribution in [2.24, 2.45) is 0 Å². The maximum atomic E-state index is 5.64. The van der Waals surface area contributed by atoms with E-state index >= 15 is 0 Å². The maximum absolute atomic E-state index is 5.64. The summed E-state index contributed by atoms with van der Waals surface area (Å²) in [6.45, 7) is 1.45. The predicted octanol–water partition coefficient (Wildman–Crippen LogP) is 1.21. The topological polar surface area (TPSA) is 38.2 Å². The van der Waals surface area contributed by atoms with E-state index in [1.54, 1.807) is 13.3 Å². The van der Waals surface area contributed by atoms with Gasteiger partial charge in [-0.05, 0) is 17.7 Å². The van der Waals surface area contributed by atoms with Crippen LogP contribution in [-0.4, -0.2) is 37.3 Å². The second-order valence-corrected chi connectivity index (χ2v) is 2.94. The molecule has 0 bridgehead atoms. The van der Waals surface area contributed by atoms with Crippen LogP contribution in [0.1, 0.15) is 0 Å². The van der Waals surface area contributed by atoms with Gasteiger partial charge in [0.05, 0.1) is 6.61 Å². The average Bonchev–Trinajstić information content (AvgIpc) is 2.14. The standard InChI is InChI=1S/C8H12ClN3O/c1-12(5-6-13-2)7-3-4-10-8(9)11-7/h3-4H,5-6H2,1-2H3. The molecule has 0 atom stereocenters. The number of ether oxygens (including phenoxy) is 1. The second-order valence-electron chi connectivity index (χ2n) is 2.60. The van der Waals surface area contributed by atoms with Crippen molar-refractivity contribution in [1.82, 2.24) is 9.97 Å². The second kappa shape index (κ2) is 4.99. The highest BCUT2D eigenvalue weighted by Crippen LogP contribution is 2.09. The first kappa shape index (κ1) is 10.2. The molecule has 1 aromatic heterocycles. The van der Waals surface area contributed by atoms with Crippen molar-refractivity contribution in [3.63, 3.8) is 0 Å². The van der Waals surface area contributed by atoms with Crippen molar-refractivity contribution in [2.45, 2.75) is 0 Å². The van der Waals surface area contributed by atoms with Gasteiger partial charge in [-0.15, -0.1) is 0 Å². The molecule has 5 heteroatoms. The Morgan fingerprint density at radius 1 is 1.62 bits per heavy atom. The smallest absolute Gasteiger partial charge is 0.224 e. The number of aromatic nitrogens is 2. The molecule has 0 aliphatic rings. The van der Waals surface area contributed by atoms with Crippen LogP contribution >= 0.6 is 11.6 Å². The number of anilines is 1. The van der Waals surface area contributed by atoms with Crippen molar-refractivity contribution in [1.29, 1.82) is 0 Å². The molecule has 1 heterocycles. The molecule has 1 aromatic rings. The van der Waals surface area contributed by atoms with Gasteiger partial charge < -0.3 is 9.64 Å². The van der Waals surface area contributed by atoms with Crippen molar-refractivity contribution in [3.8, 4) is 0 Å². The molecule has 0 fully saturated rings. The third-order valence-electron chi connectivity index (χ3n) is 1.63. The van der Waals surface area contributed by atoms with Crippen LogP contribution in [0.5, 0.6) is 0 Å². The summed E-state index contributed by atoms with van der Waals surface area (Å²) in [5, 5.41) is 0.266. The number of rotatable bonds is 4. The Bertz CT molecular complexity index is 269. The molecular weight excluding hydrogens is 190 g/mol. The summed E-state index contributed by atoms with van der Waals surface area (Å²) < 4.78 is 4.95. The summed E-state index contributed by atoms with van der Waals surface area (Å²) in [7, 11) is 3.60. The highest BCUT2D eigenvalue weighted by molar-refractivity contribution is 6.28. The highest BCUT2D eigenvalue weighted by atomic mass is 35.5. The summed E-state index contributed by atoms with van der Waals surface area (Å²) in [5.74, 6) is 0.803. The lowest BCUT2D eigenvalue weighted by molar-refractivity contribution is 0.206. The Hall–Kier alpha value is -0.870. The minimum atomic E-state index is 0.266. The van der Waals surface area contributed by atoms with Gasteiger partial charge in [-0.3, -0.25) is 0 Å². The van der Waals surface area contributed by atoms with Gasteiger partial charge in [-0.1, -0.05) is 0 Å². The van der Waals surface area contributed by atoms with Gasteiger partial charge >= 0.3 is 0 Å². The molecule has 0 spiro atoms. The Kier molecular flexibility index (Phi) is 3.92. The van der Waals surface area contributed by atoms with Gasteiger partial charge in [-0.25, -0.2) is 9.97 Å². The van der Waals surface area contributed by atoms with Crippen LogP contribution in [0.15, 0.2) is 12.3 Å². The van der Waals surface area contributed by atoms with E-state index in [0.717, 1.165) is 12.4 Å². The van der Waals surface area contributed by atoms with Gasteiger partial charge in [0, 0.05) is 26.9 Å². The molecule has 13 heavy (non-hydrogen) atoms. The highest BCUT2D eigenvalue weighted by Gasteiger charge is 2.02.